The maximum Gasteiger partial charge on any atom is 0.198 e. The fourth-order valence-electron chi connectivity index (χ4n) is 2.58. The number of halogens is 1. The number of fused-ring (bicyclic) bond motifs is 1. The van der Waals surface area contributed by atoms with Gasteiger partial charge in [0.05, 0.1) is 16.8 Å². The van der Waals surface area contributed by atoms with E-state index in [1.165, 1.54) is 18.3 Å². The number of nitrogens with one attached hydrogen (secondary N) is 2. The van der Waals surface area contributed by atoms with Gasteiger partial charge in [-0.1, -0.05) is 30.3 Å². The predicted octanol–water partition coefficient (Wildman–Crippen LogP) is 4.15. The van der Waals surface area contributed by atoms with Crippen LogP contribution in [0.2, 0.25) is 0 Å². The molecule has 24 heavy (non-hydrogen) atoms. The summed E-state index contributed by atoms with van der Waals surface area (Å²) in [4.78, 5) is 7.02. The Morgan fingerprint density at radius 2 is 1.92 bits per heavy atom. The minimum atomic E-state index is -0.368. The first-order chi connectivity index (χ1) is 11.7. The number of hydrogen-bond acceptors (Lipinski definition) is 3. The lowest BCUT2D eigenvalue weighted by Crippen LogP contribution is -1.79. The average molecular weight is 320 g/mol. The smallest absolute Gasteiger partial charge is 0.198 e. The molecule has 0 radical (unpaired) electrons. The van der Waals surface area contributed by atoms with Gasteiger partial charge in [-0.25, -0.2) is 9.38 Å². The Morgan fingerprint density at radius 1 is 1.08 bits per heavy atom. The Bertz CT molecular complexity index is 1030. The lowest BCUT2D eigenvalue weighted by molar-refractivity contribution is 0.457. The van der Waals surface area contributed by atoms with Crippen LogP contribution in [-0.2, 0) is 0 Å². The highest BCUT2D eigenvalue weighted by molar-refractivity contribution is 6.02. The molecular weight excluding hydrogens is 307 g/mol. The summed E-state index contributed by atoms with van der Waals surface area (Å²) in [6.45, 7) is 0. The SMILES string of the molecule is Oc1[nH]c2cc(F)ccc2c1C=Nc1cc(-c2ccccc2)[nH]n1. The van der Waals surface area contributed by atoms with Gasteiger partial charge in [0, 0.05) is 17.7 Å². The molecule has 0 bridgehead atoms. The molecule has 0 spiro atoms. The first-order valence-corrected chi connectivity index (χ1v) is 7.36. The third-order valence-electron chi connectivity index (χ3n) is 3.76. The minimum absolute atomic E-state index is 0.0573. The second kappa shape index (κ2) is 5.66. The second-order valence-corrected chi connectivity index (χ2v) is 5.34. The predicted molar refractivity (Wildman–Crippen MR) is 91.2 cm³/mol. The van der Waals surface area contributed by atoms with Crippen molar-refractivity contribution in [3.63, 3.8) is 0 Å². The lowest BCUT2D eigenvalue weighted by atomic mass is 10.1. The third-order valence-corrected chi connectivity index (χ3v) is 3.76. The second-order valence-electron chi connectivity index (χ2n) is 5.34. The number of aromatic amines is 2. The van der Waals surface area contributed by atoms with Crippen molar-refractivity contribution in [2.45, 2.75) is 0 Å². The van der Waals surface area contributed by atoms with Crippen LogP contribution in [0.25, 0.3) is 22.2 Å². The van der Waals surface area contributed by atoms with Crippen LogP contribution in [-0.4, -0.2) is 26.5 Å². The van der Waals surface area contributed by atoms with Crippen molar-refractivity contribution in [2.24, 2.45) is 4.99 Å². The van der Waals surface area contributed by atoms with Gasteiger partial charge in [-0.3, -0.25) is 5.10 Å². The van der Waals surface area contributed by atoms with E-state index in [2.05, 4.69) is 20.2 Å². The number of H-pyrrole nitrogens is 2. The monoisotopic (exact) mass is 320 g/mol. The normalized spacial score (nSPS) is 11.5. The van der Waals surface area contributed by atoms with Crippen LogP contribution >= 0.6 is 0 Å². The lowest BCUT2D eigenvalue weighted by Gasteiger charge is -1.93. The quantitative estimate of drug-likeness (QED) is 0.496. The Labute approximate surface area is 136 Å². The van der Waals surface area contributed by atoms with Crippen LogP contribution in [0.3, 0.4) is 0 Å². The highest BCUT2D eigenvalue weighted by atomic mass is 19.1. The van der Waals surface area contributed by atoms with E-state index in [-0.39, 0.29) is 11.7 Å². The van der Waals surface area contributed by atoms with E-state index in [0.717, 1.165) is 11.3 Å². The van der Waals surface area contributed by atoms with E-state index in [0.29, 0.717) is 22.3 Å². The Hall–Kier alpha value is -3.41. The van der Waals surface area contributed by atoms with Gasteiger partial charge in [0.15, 0.2) is 11.7 Å². The molecule has 4 rings (SSSR count). The van der Waals surface area contributed by atoms with Crippen molar-refractivity contribution < 1.29 is 9.50 Å². The number of aliphatic imine (C=N–C) groups is 1. The summed E-state index contributed by atoms with van der Waals surface area (Å²) in [7, 11) is 0. The van der Waals surface area contributed by atoms with E-state index in [1.807, 2.05) is 36.4 Å². The summed E-state index contributed by atoms with van der Waals surface area (Å²) < 4.78 is 13.2. The van der Waals surface area contributed by atoms with E-state index < -0.39 is 0 Å². The van der Waals surface area contributed by atoms with Crippen molar-refractivity contribution >= 4 is 22.9 Å². The fourth-order valence-corrected chi connectivity index (χ4v) is 2.58. The molecule has 0 amide bonds. The zero-order valence-corrected chi connectivity index (χ0v) is 12.5. The fraction of sp³-hybridized carbons (Fsp3) is 0. The molecule has 0 aliphatic carbocycles. The number of aromatic nitrogens is 3. The van der Waals surface area contributed by atoms with Gasteiger partial charge in [-0.15, -0.1) is 0 Å². The number of aromatic hydroxyl groups is 1. The molecule has 5 nitrogen and oxygen atoms in total. The van der Waals surface area contributed by atoms with Gasteiger partial charge in [0.1, 0.15) is 5.82 Å². The molecule has 3 N–H and O–H groups in total. The summed E-state index contributed by atoms with van der Waals surface area (Å²) in [5.41, 5.74) is 2.88. The molecule has 2 aromatic carbocycles. The third kappa shape index (κ3) is 2.54. The molecule has 0 atom stereocenters. The van der Waals surface area contributed by atoms with Crippen molar-refractivity contribution in [1.82, 2.24) is 15.2 Å². The molecule has 0 unspecified atom stereocenters. The van der Waals surface area contributed by atoms with Crippen LogP contribution in [0.4, 0.5) is 10.2 Å². The highest BCUT2D eigenvalue weighted by Crippen LogP contribution is 2.27. The van der Waals surface area contributed by atoms with Crippen molar-refractivity contribution in [1.29, 1.82) is 0 Å². The summed E-state index contributed by atoms with van der Waals surface area (Å²) in [6, 6.07) is 15.9. The molecule has 118 valence electrons. The van der Waals surface area contributed by atoms with Gasteiger partial charge < -0.3 is 10.1 Å². The average Bonchev–Trinajstić information content (AvgIpc) is 3.17. The molecular formula is C18H13FN4O. The number of hydrogen-bond donors (Lipinski definition) is 3. The summed E-state index contributed by atoms with van der Waals surface area (Å²) >= 11 is 0. The van der Waals surface area contributed by atoms with E-state index in [4.69, 9.17) is 0 Å². The minimum Gasteiger partial charge on any atom is -0.494 e. The van der Waals surface area contributed by atoms with Crippen molar-refractivity contribution in [3.05, 3.63) is 66.0 Å². The topological polar surface area (TPSA) is 77.1 Å². The van der Waals surface area contributed by atoms with Crippen LogP contribution in [0.5, 0.6) is 5.88 Å². The molecule has 2 heterocycles. The highest BCUT2D eigenvalue weighted by Gasteiger charge is 2.10. The Kier molecular flexibility index (Phi) is 3.35. The van der Waals surface area contributed by atoms with Crippen LogP contribution in [0, 0.1) is 5.82 Å². The number of nitrogens with zero attached hydrogens (tertiary/aromatic N) is 2. The number of rotatable bonds is 3. The molecule has 4 aromatic rings. The Balaban J connectivity index is 1.67. The summed E-state index contributed by atoms with van der Waals surface area (Å²) in [6.07, 6.45) is 1.51. The van der Waals surface area contributed by atoms with E-state index in [9.17, 15) is 9.50 Å². The van der Waals surface area contributed by atoms with Gasteiger partial charge in [-0.05, 0) is 23.8 Å². The molecule has 0 saturated heterocycles. The van der Waals surface area contributed by atoms with Crippen LogP contribution < -0.4 is 0 Å². The standard InChI is InChI=1S/C18H13FN4O/c19-12-6-7-13-14(18(24)21-16(13)8-12)10-20-17-9-15(22-23-17)11-4-2-1-3-5-11/h1-10,21,24H,(H,22,23). The first-order valence-electron chi connectivity index (χ1n) is 7.36. The molecule has 6 heteroatoms. The van der Waals surface area contributed by atoms with Gasteiger partial charge in [-0.2, -0.15) is 5.10 Å². The zero-order chi connectivity index (χ0) is 16.5. The zero-order valence-electron chi connectivity index (χ0n) is 12.5. The summed E-state index contributed by atoms with van der Waals surface area (Å²) in [5, 5.41) is 17.7. The van der Waals surface area contributed by atoms with Crippen molar-refractivity contribution in [2.75, 3.05) is 0 Å². The number of benzene rings is 2. The van der Waals surface area contributed by atoms with Gasteiger partial charge in [0.25, 0.3) is 0 Å². The first kappa shape index (κ1) is 14.2. The largest absolute Gasteiger partial charge is 0.494 e. The maximum absolute atomic E-state index is 13.2. The molecule has 0 aliphatic heterocycles. The van der Waals surface area contributed by atoms with E-state index >= 15 is 0 Å². The molecule has 0 fully saturated rings. The Morgan fingerprint density at radius 3 is 2.75 bits per heavy atom. The van der Waals surface area contributed by atoms with E-state index in [1.54, 1.807) is 6.07 Å². The molecule has 2 aromatic heterocycles. The van der Waals surface area contributed by atoms with Gasteiger partial charge >= 0.3 is 0 Å². The molecule has 0 aliphatic rings. The van der Waals surface area contributed by atoms with Crippen LogP contribution in [0.15, 0.2) is 59.6 Å². The van der Waals surface area contributed by atoms with Gasteiger partial charge in [0.2, 0.25) is 0 Å². The summed E-state index contributed by atoms with van der Waals surface area (Å²) in [5.74, 6) is 0.0647. The maximum atomic E-state index is 13.2. The van der Waals surface area contributed by atoms with Crippen molar-refractivity contribution in [3.8, 4) is 17.1 Å². The van der Waals surface area contributed by atoms with Crippen LogP contribution in [0.1, 0.15) is 5.56 Å². The molecule has 0 saturated carbocycles.